The van der Waals surface area contributed by atoms with Crippen molar-refractivity contribution in [3.05, 3.63) is 41.1 Å². The smallest absolute Gasteiger partial charge is 0.235 e. The highest BCUT2D eigenvalue weighted by Gasteiger charge is 2.30. The van der Waals surface area contributed by atoms with Crippen LogP contribution in [0.1, 0.15) is 22.1 Å². The van der Waals surface area contributed by atoms with E-state index in [1.165, 1.54) is 0 Å². The maximum absolute atomic E-state index is 11.9. The molecule has 1 N–H and O–H groups in total. The quantitative estimate of drug-likeness (QED) is 0.926. The van der Waals surface area contributed by atoms with Gasteiger partial charge in [0.1, 0.15) is 11.6 Å². The second kappa shape index (κ2) is 5.44. The van der Waals surface area contributed by atoms with Crippen molar-refractivity contribution in [2.75, 3.05) is 18.2 Å². The molecule has 1 aromatic carbocycles. The molecular formula is C15H17N3O2S. The van der Waals surface area contributed by atoms with E-state index in [4.69, 9.17) is 4.74 Å². The lowest BCUT2D eigenvalue weighted by molar-refractivity contribution is -0.113. The Balaban J connectivity index is 2.17. The molecule has 6 heteroatoms. The molecule has 0 radical (unpaired) electrons. The van der Waals surface area contributed by atoms with E-state index in [2.05, 4.69) is 10.4 Å². The first-order valence-electron chi connectivity index (χ1n) is 6.69. The predicted molar refractivity (Wildman–Crippen MR) is 83.9 cm³/mol. The minimum Gasteiger partial charge on any atom is -0.496 e. The number of para-hydroxylation sites is 1. The fraction of sp³-hybridized carbons (Fsp3) is 0.333. The van der Waals surface area contributed by atoms with Crippen LogP contribution in [0, 0.1) is 6.92 Å². The molecule has 3 rings (SSSR count). The number of aryl methyl sites for hydroxylation is 2. The van der Waals surface area contributed by atoms with E-state index in [-0.39, 0.29) is 11.2 Å². The van der Waals surface area contributed by atoms with Gasteiger partial charge in [-0.2, -0.15) is 5.10 Å². The number of rotatable bonds is 2. The number of nitrogens with zero attached hydrogens (tertiary/aromatic N) is 2. The topological polar surface area (TPSA) is 56.1 Å². The van der Waals surface area contributed by atoms with Crippen LogP contribution in [-0.4, -0.2) is 28.6 Å². The molecule has 5 nitrogen and oxygen atoms in total. The number of amides is 1. The Hall–Kier alpha value is -1.95. The van der Waals surface area contributed by atoms with Crippen LogP contribution < -0.4 is 10.1 Å². The molecule has 0 aliphatic carbocycles. The third-order valence-corrected chi connectivity index (χ3v) is 4.84. The number of methoxy groups -OCH3 is 1. The zero-order valence-corrected chi connectivity index (χ0v) is 13.0. The van der Waals surface area contributed by atoms with Gasteiger partial charge >= 0.3 is 0 Å². The summed E-state index contributed by atoms with van der Waals surface area (Å²) in [4.78, 5) is 11.9. The number of carbonyl (C=O) groups excluding carboxylic acids is 1. The lowest BCUT2D eigenvalue weighted by atomic mass is 10.0. The molecule has 21 heavy (non-hydrogen) atoms. The van der Waals surface area contributed by atoms with Crippen molar-refractivity contribution in [1.82, 2.24) is 9.78 Å². The van der Waals surface area contributed by atoms with Crippen LogP contribution in [-0.2, 0) is 11.8 Å². The van der Waals surface area contributed by atoms with E-state index in [0.717, 1.165) is 28.4 Å². The van der Waals surface area contributed by atoms with Crippen LogP contribution in [0.25, 0.3) is 0 Å². The second-order valence-corrected chi connectivity index (χ2v) is 6.05. The number of fused-ring (bicyclic) bond motifs is 1. The van der Waals surface area contributed by atoms with Crippen LogP contribution in [0.2, 0.25) is 0 Å². The monoisotopic (exact) mass is 303 g/mol. The molecule has 1 aliphatic rings. The Morgan fingerprint density at radius 1 is 1.43 bits per heavy atom. The summed E-state index contributed by atoms with van der Waals surface area (Å²) >= 11 is 1.60. The summed E-state index contributed by atoms with van der Waals surface area (Å²) in [7, 11) is 3.52. The van der Waals surface area contributed by atoms with E-state index in [1.54, 1.807) is 23.6 Å². The molecule has 2 aromatic rings. The van der Waals surface area contributed by atoms with E-state index in [0.29, 0.717) is 5.75 Å². The van der Waals surface area contributed by atoms with Gasteiger partial charge in [-0.05, 0) is 13.0 Å². The highest BCUT2D eigenvalue weighted by Crippen LogP contribution is 2.45. The van der Waals surface area contributed by atoms with Crippen LogP contribution in [0.4, 0.5) is 5.82 Å². The van der Waals surface area contributed by atoms with Crippen LogP contribution in [0.5, 0.6) is 5.75 Å². The van der Waals surface area contributed by atoms with Crippen molar-refractivity contribution in [2.24, 2.45) is 7.05 Å². The fourth-order valence-electron chi connectivity index (χ4n) is 2.68. The maximum atomic E-state index is 11.9. The predicted octanol–water partition coefficient (Wildman–Crippen LogP) is 2.51. The molecule has 0 spiro atoms. The van der Waals surface area contributed by atoms with Crippen LogP contribution in [0.15, 0.2) is 24.3 Å². The standard InChI is InChI=1S/C15H17N3O2S/c1-9-13-14(10-6-4-5-7-11(10)20-3)21-8-12(19)16-15(13)18(2)17-9/h4-7,14H,8H2,1-3H3,(H,16,19)/t14-/m1/s1. The molecule has 1 amide bonds. The molecule has 0 saturated carbocycles. The number of carbonyl (C=O) groups is 1. The zero-order valence-electron chi connectivity index (χ0n) is 12.2. The van der Waals surface area contributed by atoms with Gasteiger partial charge in [0.15, 0.2) is 0 Å². The van der Waals surface area contributed by atoms with Crippen molar-refractivity contribution in [3.8, 4) is 5.75 Å². The Morgan fingerprint density at radius 3 is 2.95 bits per heavy atom. The van der Waals surface area contributed by atoms with Crippen molar-refractivity contribution in [1.29, 1.82) is 0 Å². The Labute approximate surface area is 127 Å². The molecular weight excluding hydrogens is 286 g/mol. The highest BCUT2D eigenvalue weighted by atomic mass is 32.2. The minimum absolute atomic E-state index is 0.00153. The van der Waals surface area contributed by atoms with E-state index < -0.39 is 0 Å². The third-order valence-electron chi connectivity index (χ3n) is 3.59. The average molecular weight is 303 g/mol. The lowest BCUT2D eigenvalue weighted by Gasteiger charge is -2.18. The number of anilines is 1. The van der Waals surface area contributed by atoms with Crippen molar-refractivity contribution < 1.29 is 9.53 Å². The first kappa shape index (κ1) is 14.0. The SMILES string of the molecule is COc1ccccc1[C@H]1SCC(=O)Nc2c1c(C)nn2C. The summed E-state index contributed by atoms with van der Waals surface area (Å²) in [5.41, 5.74) is 3.05. The first-order valence-corrected chi connectivity index (χ1v) is 7.74. The molecule has 1 aliphatic heterocycles. The summed E-state index contributed by atoms with van der Waals surface area (Å²) in [6.07, 6.45) is 0. The third kappa shape index (κ3) is 2.40. The molecule has 0 unspecified atom stereocenters. The Morgan fingerprint density at radius 2 is 2.19 bits per heavy atom. The normalized spacial score (nSPS) is 17.9. The van der Waals surface area contributed by atoms with Crippen LogP contribution in [0.3, 0.4) is 0 Å². The lowest BCUT2D eigenvalue weighted by Crippen LogP contribution is -2.15. The van der Waals surface area contributed by atoms with Gasteiger partial charge in [-0.1, -0.05) is 18.2 Å². The van der Waals surface area contributed by atoms with Gasteiger partial charge in [0.2, 0.25) is 5.91 Å². The summed E-state index contributed by atoms with van der Waals surface area (Å²) in [6.45, 7) is 1.97. The summed E-state index contributed by atoms with van der Waals surface area (Å²) in [6, 6.07) is 7.93. The summed E-state index contributed by atoms with van der Waals surface area (Å²) < 4.78 is 7.22. The average Bonchev–Trinajstić information content (AvgIpc) is 2.66. The van der Waals surface area contributed by atoms with Crippen LogP contribution >= 0.6 is 11.8 Å². The molecule has 110 valence electrons. The molecule has 0 fully saturated rings. The summed E-state index contributed by atoms with van der Waals surface area (Å²) in [5, 5.41) is 7.43. The van der Waals surface area contributed by atoms with E-state index in [9.17, 15) is 4.79 Å². The van der Waals surface area contributed by atoms with Gasteiger partial charge in [-0.15, -0.1) is 11.8 Å². The zero-order chi connectivity index (χ0) is 15.0. The second-order valence-electron chi connectivity index (χ2n) is 4.95. The number of aromatic nitrogens is 2. The largest absolute Gasteiger partial charge is 0.496 e. The molecule has 0 bridgehead atoms. The minimum atomic E-state index is 0.00153. The van der Waals surface area contributed by atoms with Crippen molar-refractivity contribution in [3.63, 3.8) is 0 Å². The van der Waals surface area contributed by atoms with Gasteiger partial charge in [0, 0.05) is 18.2 Å². The van der Waals surface area contributed by atoms with Gasteiger partial charge in [-0.25, -0.2) is 0 Å². The van der Waals surface area contributed by atoms with Gasteiger partial charge in [0.05, 0.1) is 23.8 Å². The number of hydrogen-bond acceptors (Lipinski definition) is 4. The van der Waals surface area contributed by atoms with Gasteiger partial charge < -0.3 is 10.1 Å². The Bertz CT molecular complexity index is 696. The van der Waals surface area contributed by atoms with Crippen molar-refractivity contribution >= 4 is 23.5 Å². The van der Waals surface area contributed by atoms with Crippen molar-refractivity contribution in [2.45, 2.75) is 12.2 Å². The van der Waals surface area contributed by atoms with E-state index in [1.807, 2.05) is 38.2 Å². The molecule has 0 saturated heterocycles. The molecule has 1 aromatic heterocycles. The van der Waals surface area contributed by atoms with E-state index >= 15 is 0 Å². The van der Waals surface area contributed by atoms with Gasteiger partial charge in [-0.3, -0.25) is 9.48 Å². The number of nitrogens with one attached hydrogen (secondary N) is 1. The van der Waals surface area contributed by atoms with Gasteiger partial charge in [0.25, 0.3) is 0 Å². The number of benzene rings is 1. The maximum Gasteiger partial charge on any atom is 0.235 e. The summed E-state index contributed by atoms with van der Waals surface area (Å²) in [5.74, 6) is 2.02. The number of hydrogen-bond donors (Lipinski definition) is 1. The fourth-order valence-corrected chi connectivity index (χ4v) is 3.89. The number of thioether (sulfide) groups is 1. The Kier molecular flexibility index (Phi) is 3.63. The number of ether oxygens (including phenoxy) is 1. The molecule has 1 atom stereocenters. The highest BCUT2D eigenvalue weighted by molar-refractivity contribution is 8.00. The first-order chi connectivity index (χ1) is 10.1. The molecule has 2 heterocycles.